The molecule has 0 aliphatic carbocycles. The van der Waals surface area contributed by atoms with E-state index in [1.54, 1.807) is 12.5 Å². The molecule has 2 rings (SSSR count). The van der Waals surface area contributed by atoms with Crippen LogP contribution in [0, 0.1) is 0 Å². The van der Waals surface area contributed by atoms with E-state index in [1.165, 1.54) is 0 Å². The van der Waals surface area contributed by atoms with Crippen LogP contribution in [0.4, 0.5) is 11.6 Å². The Labute approximate surface area is 106 Å². The van der Waals surface area contributed by atoms with Crippen LogP contribution in [-0.2, 0) is 6.54 Å². The summed E-state index contributed by atoms with van der Waals surface area (Å²) in [5.41, 5.74) is 0. The van der Waals surface area contributed by atoms with Gasteiger partial charge in [0.2, 0.25) is 0 Å². The van der Waals surface area contributed by atoms with E-state index in [4.69, 9.17) is 0 Å². The lowest BCUT2D eigenvalue weighted by Crippen LogP contribution is -2.22. The molecule has 0 aliphatic rings. The van der Waals surface area contributed by atoms with Crippen LogP contribution in [0.15, 0.2) is 30.9 Å². The smallest absolute Gasteiger partial charge is 0.131 e. The van der Waals surface area contributed by atoms with Crippen LogP contribution in [0.1, 0.15) is 13.8 Å². The topological polar surface area (TPSA) is 67.7 Å². The van der Waals surface area contributed by atoms with E-state index in [0.717, 1.165) is 24.7 Å². The molecule has 0 aromatic carbocycles. The molecule has 0 bridgehead atoms. The number of anilines is 2. The first-order valence-corrected chi connectivity index (χ1v) is 6.08. The van der Waals surface area contributed by atoms with Crippen LogP contribution >= 0.6 is 0 Å². The molecule has 2 aromatic heterocycles. The lowest BCUT2D eigenvalue weighted by atomic mass is 10.3. The van der Waals surface area contributed by atoms with Crippen LogP contribution in [0.3, 0.4) is 0 Å². The van der Waals surface area contributed by atoms with E-state index >= 15 is 0 Å². The van der Waals surface area contributed by atoms with Crippen LogP contribution < -0.4 is 10.6 Å². The highest BCUT2D eigenvalue weighted by Crippen LogP contribution is 2.09. The zero-order valence-corrected chi connectivity index (χ0v) is 10.7. The van der Waals surface area contributed by atoms with Gasteiger partial charge in [-0.3, -0.25) is 4.68 Å². The first-order chi connectivity index (χ1) is 8.78. The highest BCUT2D eigenvalue weighted by atomic mass is 15.3. The van der Waals surface area contributed by atoms with Gasteiger partial charge in [-0.25, -0.2) is 9.97 Å². The predicted molar refractivity (Wildman–Crippen MR) is 71.5 cm³/mol. The minimum Gasteiger partial charge on any atom is -0.370 e. The molecule has 6 heteroatoms. The van der Waals surface area contributed by atoms with Gasteiger partial charge in [-0.05, 0) is 19.9 Å². The summed E-state index contributed by atoms with van der Waals surface area (Å²) in [5.74, 6) is 1.65. The fourth-order valence-electron chi connectivity index (χ4n) is 1.70. The van der Waals surface area contributed by atoms with E-state index in [1.807, 2.05) is 29.9 Å². The molecule has 2 N–H and O–H groups in total. The highest BCUT2D eigenvalue weighted by Gasteiger charge is 2.05. The molecule has 1 atom stereocenters. The average Bonchev–Trinajstić information content (AvgIpc) is 2.82. The van der Waals surface area contributed by atoms with Gasteiger partial charge in [0.15, 0.2) is 0 Å². The van der Waals surface area contributed by atoms with Crippen LogP contribution in [0.2, 0.25) is 0 Å². The number of hydrogen-bond acceptors (Lipinski definition) is 5. The summed E-state index contributed by atoms with van der Waals surface area (Å²) in [6, 6.07) is 4.07. The van der Waals surface area contributed by atoms with Gasteiger partial charge in [0.05, 0.1) is 6.54 Å². The van der Waals surface area contributed by atoms with Crippen LogP contribution in [-0.4, -0.2) is 32.3 Å². The maximum atomic E-state index is 4.20. The molecule has 0 amide bonds. The fraction of sp³-hybridized carbons (Fsp3) is 0.417. The third kappa shape index (κ3) is 3.44. The molecule has 0 aliphatic heterocycles. The molecule has 6 nitrogen and oxygen atoms in total. The molecule has 96 valence electrons. The minimum absolute atomic E-state index is 0.245. The third-order valence-corrected chi connectivity index (χ3v) is 2.44. The maximum Gasteiger partial charge on any atom is 0.131 e. The number of rotatable bonds is 6. The molecule has 1 unspecified atom stereocenters. The molecular weight excluding hydrogens is 228 g/mol. The van der Waals surface area contributed by atoms with Crippen molar-refractivity contribution in [1.29, 1.82) is 0 Å². The lowest BCUT2D eigenvalue weighted by molar-refractivity contribution is 0.559. The van der Waals surface area contributed by atoms with E-state index < -0.39 is 0 Å². The zero-order valence-electron chi connectivity index (χ0n) is 10.7. The van der Waals surface area contributed by atoms with Crippen molar-refractivity contribution < 1.29 is 0 Å². The second kappa shape index (κ2) is 6.00. The molecule has 2 heterocycles. The summed E-state index contributed by atoms with van der Waals surface area (Å²) in [7, 11) is 0. The Hall–Kier alpha value is -2.11. The van der Waals surface area contributed by atoms with Crippen molar-refractivity contribution in [2.75, 3.05) is 17.2 Å². The van der Waals surface area contributed by atoms with Crippen molar-refractivity contribution in [3.8, 4) is 0 Å². The van der Waals surface area contributed by atoms with E-state index in [2.05, 4.69) is 32.6 Å². The van der Waals surface area contributed by atoms with Crippen molar-refractivity contribution >= 4 is 11.6 Å². The Bertz CT molecular complexity index is 467. The highest BCUT2D eigenvalue weighted by molar-refractivity contribution is 5.46. The Morgan fingerprint density at radius 1 is 1.33 bits per heavy atom. The maximum absolute atomic E-state index is 4.20. The average molecular weight is 246 g/mol. The van der Waals surface area contributed by atoms with Gasteiger partial charge >= 0.3 is 0 Å². The van der Waals surface area contributed by atoms with Gasteiger partial charge in [-0.1, -0.05) is 0 Å². The van der Waals surface area contributed by atoms with Crippen molar-refractivity contribution in [3.63, 3.8) is 0 Å². The second-order valence-corrected chi connectivity index (χ2v) is 4.09. The Balaban J connectivity index is 1.93. The molecule has 0 saturated carbocycles. The van der Waals surface area contributed by atoms with Gasteiger partial charge < -0.3 is 10.6 Å². The summed E-state index contributed by atoms with van der Waals surface area (Å²) < 4.78 is 1.89. The van der Waals surface area contributed by atoms with Gasteiger partial charge in [-0.2, -0.15) is 5.10 Å². The molecule has 0 radical (unpaired) electrons. The Morgan fingerprint density at radius 3 is 2.89 bits per heavy atom. The number of nitrogens with zero attached hydrogens (tertiary/aromatic N) is 4. The predicted octanol–water partition coefficient (Wildman–Crippen LogP) is 1.61. The fourth-order valence-corrected chi connectivity index (χ4v) is 1.70. The third-order valence-electron chi connectivity index (χ3n) is 2.44. The zero-order chi connectivity index (χ0) is 12.8. The van der Waals surface area contributed by atoms with Gasteiger partial charge in [0.25, 0.3) is 0 Å². The lowest BCUT2D eigenvalue weighted by Gasteiger charge is -2.14. The van der Waals surface area contributed by atoms with Crippen LogP contribution in [0.25, 0.3) is 0 Å². The normalized spacial score (nSPS) is 12.1. The van der Waals surface area contributed by atoms with Crippen molar-refractivity contribution in [2.45, 2.75) is 26.4 Å². The first-order valence-electron chi connectivity index (χ1n) is 6.08. The Kier molecular flexibility index (Phi) is 4.11. The Morgan fingerprint density at radius 2 is 2.17 bits per heavy atom. The second-order valence-electron chi connectivity index (χ2n) is 4.09. The molecule has 18 heavy (non-hydrogen) atoms. The van der Waals surface area contributed by atoms with E-state index in [-0.39, 0.29) is 6.04 Å². The van der Waals surface area contributed by atoms with E-state index in [9.17, 15) is 0 Å². The number of aromatic nitrogens is 4. The molecule has 0 saturated heterocycles. The molecule has 0 spiro atoms. The van der Waals surface area contributed by atoms with Gasteiger partial charge in [0, 0.05) is 31.0 Å². The van der Waals surface area contributed by atoms with E-state index in [0.29, 0.717) is 0 Å². The van der Waals surface area contributed by atoms with Crippen LogP contribution in [0.5, 0.6) is 0 Å². The quantitative estimate of drug-likeness (QED) is 0.810. The van der Waals surface area contributed by atoms with Crippen molar-refractivity contribution in [3.05, 3.63) is 30.9 Å². The first kappa shape index (κ1) is 12.3. The van der Waals surface area contributed by atoms with Crippen molar-refractivity contribution in [2.24, 2.45) is 0 Å². The number of nitrogens with one attached hydrogen (secondary N) is 2. The summed E-state index contributed by atoms with van der Waals surface area (Å²) in [6.07, 6.45) is 5.28. The minimum atomic E-state index is 0.245. The standard InChI is InChI=1S/C12H18N6/c1-3-13-11-7-12(15-9-14-11)17-10(2)8-18-6-4-5-16-18/h4-7,9-10H,3,8H2,1-2H3,(H2,13,14,15,17). The molecule has 2 aromatic rings. The largest absolute Gasteiger partial charge is 0.370 e. The monoisotopic (exact) mass is 246 g/mol. The summed E-state index contributed by atoms with van der Waals surface area (Å²) in [4.78, 5) is 8.33. The summed E-state index contributed by atoms with van der Waals surface area (Å²) >= 11 is 0. The SMILES string of the molecule is CCNc1cc(NC(C)Cn2cccn2)ncn1. The molecule has 0 fully saturated rings. The van der Waals surface area contributed by atoms with Crippen molar-refractivity contribution in [1.82, 2.24) is 19.7 Å². The number of hydrogen-bond donors (Lipinski definition) is 2. The summed E-state index contributed by atoms with van der Waals surface area (Å²) in [6.45, 7) is 5.78. The summed E-state index contributed by atoms with van der Waals surface area (Å²) in [5, 5.41) is 10.7. The van der Waals surface area contributed by atoms with Gasteiger partial charge in [0.1, 0.15) is 18.0 Å². The molecular formula is C12H18N6. The van der Waals surface area contributed by atoms with Gasteiger partial charge in [-0.15, -0.1) is 0 Å².